The molecule has 3 rings (SSSR count). The Balaban J connectivity index is 1.75. The van der Waals surface area contributed by atoms with Crippen LogP contribution in [0, 0.1) is 0 Å². The first-order valence-corrected chi connectivity index (χ1v) is 9.64. The van der Waals surface area contributed by atoms with E-state index in [1.807, 2.05) is 31.7 Å². The zero-order valence-electron chi connectivity index (χ0n) is 14.4. The van der Waals surface area contributed by atoms with Gasteiger partial charge in [0.1, 0.15) is 5.60 Å². The largest absolute Gasteiger partial charge is 0.444 e. The van der Waals surface area contributed by atoms with E-state index in [0.717, 1.165) is 41.8 Å². The van der Waals surface area contributed by atoms with E-state index < -0.39 is 5.60 Å². The molecule has 0 saturated carbocycles. The second-order valence-corrected chi connectivity index (χ2v) is 8.85. The number of nitrogens with zero attached hydrogens (tertiary/aromatic N) is 2. The van der Waals surface area contributed by atoms with Gasteiger partial charge >= 0.3 is 6.09 Å². The molecule has 1 amide bonds. The highest BCUT2D eigenvalue weighted by Crippen LogP contribution is 2.39. The molecule has 0 radical (unpaired) electrons. The van der Waals surface area contributed by atoms with Crippen LogP contribution in [0.4, 0.5) is 10.5 Å². The lowest BCUT2D eigenvalue weighted by molar-refractivity contribution is 0.0292. The maximum absolute atomic E-state index is 12.3. The Morgan fingerprint density at radius 1 is 1.33 bits per heavy atom. The number of aryl methyl sites for hydroxylation is 1. The summed E-state index contributed by atoms with van der Waals surface area (Å²) < 4.78 is 6.55. The van der Waals surface area contributed by atoms with Gasteiger partial charge in [-0.3, -0.25) is 0 Å². The zero-order valence-corrected chi connectivity index (χ0v) is 16.8. The molecule has 0 aliphatic carbocycles. The summed E-state index contributed by atoms with van der Waals surface area (Å²) in [4.78, 5) is 16.6. The summed E-state index contributed by atoms with van der Waals surface area (Å²) in [7, 11) is 0. The molecule has 1 aromatic rings. The number of anilines is 1. The third-order valence-electron chi connectivity index (χ3n) is 4.50. The first kappa shape index (κ1) is 17.9. The fourth-order valence-electron chi connectivity index (χ4n) is 3.54. The third kappa shape index (κ3) is 3.83. The lowest BCUT2D eigenvalue weighted by atomic mass is 9.99. The van der Waals surface area contributed by atoms with E-state index in [1.54, 1.807) is 0 Å². The number of benzene rings is 1. The van der Waals surface area contributed by atoms with E-state index in [-0.39, 0.29) is 6.09 Å². The quantitative estimate of drug-likeness (QED) is 0.656. The third-order valence-corrected chi connectivity index (χ3v) is 5.32. The number of carbonyl (C=O) groups excluding carboxylic acids is 1. The monoisotopic (exact) mass is 414 g/mol. The lowest BCUT2D eigenvalue weighted by Crippen LogP contribution is -2.42. The van der Waals surface area contributed by atoms with Crippen molar-refractivity contribution in [3.63, 3.8) is 0 Å². The molecule has 2 heterocycles. The summed E-state index contributed by atoms with van der Waals surface area (Å²) >= 11 is 9.87. The Labute approximate surface area is 157 Å². The van der Waals surface area contributed by atoms with Gasteiger partial charge in [-0.1, -0.05) is 11.6 Å². The van der Waals surface area contributed by atoms with Gasteiger partial charge in [0.15, 0.2) is 0 Å². The standard InChI is InChI=1S/C18H24BrClN2O2/c1-18(2,3)24-17(23)21-8-6-14(11-21)22-7-4-5-12-9-13(20)10-15(19)16(12)22/h9-10,14H,4-8,11H2,1-3H3/t14-/m0/s1. The maximum Gasteiger partial charge on any atom is 0.410 e. The molecule has 1 atom stereocenters. The molecule has 0 spiro atoms. The van der Waals surface area contributed by atoms with Crippen LogP contribution >= 0.6 is 27.5 Å². The molecule has 0 N–H and O–H groups in total. The molecule has 1 aromatic carbocycles. The second kappa shape index (κ2) is 6.75. The second-order valence-electron chi connectivity index (χ2n) is 7.56. The number of hydrogen-bond donors (Lipinski definition) is 0. The van der Waals surface area contributed by atoms with Gasteiger partial charge < -0.3 is 14.5 Å². The fourth-order valence-corrected chi connectivity index (χ4v) is 4.64. The molecule has 0 aromatic heterocycles. The van der Waals surface area contributed by atoms with Gasteiger partial charge in [-0.05, 0) is 73.7 Å². The van der Waals surface area contributed by atoms with Crippen molar-refractivity contribution >= 4 is 39.3 Å². The van der Waals surface area contributed by atoms with E-state index in [1.165, 1.54) is 11.3 Å². The molecule has 2 aliphatic rings. The predicted molar refractivity (Wildman–Crippen MR) is 101 cm³/mol. The fraction of sp³-hybridized carbons (Fsp3) is 0.611. The van der Waals surface area contributed by atoms with Crippen molar-refractivity contribution in [2.45, 2.75) is 51.7 Å². The van der Waals surface area contributed by atoms with Crippen LogP contribution in [0.5, 0.6) is 0 Å². The number of hydrogen-bond acceptors (Lipinski definition) is 3. The zero-order chi connectivity index (χ0) is 17.5. The predicted octanol–water partition coefficient (Wildman–Crippen LogP) is 4.86. The topological polar surface area (TPSA) is 32.8 Å². The van der Waals surface area contributed by atoms with Gasteiger partial charge in [0, 0.05) is 35.2 Å². The summed E-state index contributed by atoms with van der Waals surface area (Å²) in [6.45, 7) is 8.18. The van der Waals surface area contributed by atoms with Gasteiger partial charge in [-0.25, -0.2) is 4.79 Å². The van der Waals surface area contributed by atoms with E-state index in [9.17, 15) is 4.79 Å². The van der Waals surface area contributed by atoms with Gasteiger partial charge in [-0.2, -0.15) is 0 Å². The number of rotatable bonds is 1. The highest BCUT2D eigenvalue weighted by atomic mass is 79.9. The molecule has 2 aliphatic heterocycles. The number of ether oxygens (including phenoxy) is 1. The van der Waals surface area contributed by atoms with E-state index in [2.05, 4.69) is 26.9 Å². The van der Waals surface area contributed by atoms with Crippen LogP contribution in [-0.2, 0) is 11.2 Å². The first-order chi connectivity index (χ1) is 11.2. The molecule has 4 nitrogen and oxygen atoms in total. The van der Waals surface area contributed by atoms with Gasteiger partial charge in [0.2, 0.25) is 0 Å². The van der Waals surface area contributed by atoms with Crippen molar-refractivity contribution in [1.82, 2.24) is 4.90 Å². The molecule has 24 heavy (non-hydrogen) atoms. The molecule has 132 valence electrons. The van der Waals surface area contributed by atoms with Crippen molar-refractivity contribution in [2.24, 2.45) is 0 Å². The summed E-state index contributed by atoms with van der Waals surface area (Å²) in [6.07, 6.45) is 2.92. The number of likely N-dealkylation sites (tertiary alicyclic amines) is 1. The summed E-state index contributed by atoms with van der Waals surface area (Å²) in [6, 6.07) is 4.35. The summed E-state index contributed by atoms with van der Waals surface area (Å²) in [5, 5.41) is 0.768. The lowest BCUT2D eigenvalue weighted by Gasteiger charge is -2.37. The molecule has 1 saturated heterocycles. The normalized spacial score (nSPS) is 21.0. The number of fused-ring (bicyclic) bond motifs is 1. The van der Waals surface area contributed by atoms with E-state index in [0.29, 0.717) is 12.6 Å². The van der Waals surface area contributed by atoms with Crippen molar-refractivity contribution in [3.05, 3.63) is 27.2 Å². The van der Waals surface area contributed by atoms with Crippen LogP contribution in [0.15, 0.2) is 16.6 Å². The molecule has 0 unspecified atom stereocenters. The smallest absolute Gasteiger partial charge is 0.410 e. The highest BCUT2D eigenvalue weighted by molar-refractivity contribution is 9.10. The molecule has 6 heteroatoms. The van der Waals surface area contributed by atoms with Crippen LogP contribution in [-0.4, -0.2) is 42.3 Å². The van der Waals surface area contributed by atoms with Crippen LogP contribution in [0.2, 0.25) is 5.02 Å². The highest BCUT2D eigenvalue weighted by Gasteiger charge is 2.35. The van der Waals surface area contributed by atoms with Gasteiger partial charge in [0.05, 0.1) is 5.69 Å². The van der Waals surface area contributed by atoms with Crippen LogP contribution in [0.3, 0.4) is 0 Å². The van der Waals surface area contributed by atoms with Gasteiger partial charge in [-0.15, -0.1) is 0 Å². The minimum atomic E-state index is -0.452. The Kier molecular flexibility index (Phi) is 5.03. The Morgan fingerprint density at radius 3 is 2.79 bits per heavy atom. The maximum atomic E-state index is 12.3. The first-order valence-electron chi connectivity index (χ1n) is 8.47. The number of halogens is 2. The minimum absolute atomic E-state index is 0.211. The van der Waals surface area contributed by atoms with Crippen LogP contribution in [0.1, 0.15) is 39.2 Å². The van der Waals surface area contributed by atoms with Crippen molar-refractivity contribution in [3.8, 4) is 0 Å². The Bertz CT molecular complexity index is 645. The molecular weight excluding hydrogens is 392 g/mol. The van der Waals surface area contributed by atoms with Crippen molar-refractivity contribution in [2.75, 3.05) is 24.5 Å². The SMILES string of the molecule is CC(C)(C)OC(=O)N1CC[C@H](N2CCCc3cc(Cl)cc(Br)c32)C1. The molecular formula is C18H24BrClN2O2. The average Bonchev–Trinajstić information content (AvgIpc) is 2.94. The summed E-state index contributed by atoms with van der Waals surface area (Å²) in [5.74, 6) is 0. The minimum Gasteiger partial charge on any atom is -0.444 e. The molecule has 0 bridgehead atoms. The van der Waals surface area contributed by atoms with Crippen molar-refractivity contribution < 1.29 is 9.53 Å². The van der Waals surface area contributed by atoms with E-state index >= 15 is 0 Å². The van der Waals surface area contributed by atoms with E-state index in [4.69, 9.17) is 16.3 Å². The van der Waals surface area contributed by atoms with Crippen molar-refractivity contribution in [1.29, 1.82) is 0 Å². The average molecular weight is 416 g/mol. The van der Waals surface area contributed by atoms with Gasteiger partial charge in [0.25, 0.3) is 0 Å². The Morgan fingerprint density at radius 2 is 2.08 bits per heavy atom. The van der Waals surface area contributed by atoms with Crippen LogP contribution < -0.4 is 4.90 Å². The molecule has 1 fully saturated rings. The number of carbonyl (C=O) groups is 1. The Hall–Kier alpha value is -0.940. The number of amides is 1. The summed E-state index contributed by atoms with van der Waals surface area (Å²) in [5.41, 5.74) is 2.07. The van der Waals surface area contributed by atoms with Crippen LogP contribution in [0.25, 0.3) is 0 Å².